The molecule has 120 heavy (non-hydrogen) atoms. The zero-order valence-electron chi connectivity index (χ0n) is 69.7. The van der Waals surface area contributed by atoms with E-state index in [-0.39, 0.29) is 12.3 Å². The highest BCUT2D eigenvalue weighted by molar-refractivity contribution is 5.76. The van der Waals surface area contributed by atoms with Crippen molar-refractivity contribution in [3.63, 3.8) is 0 Å². The molecule has 7 aliphatic rings. The van der Waals surface area contributed by atoms with Gasteiger partial charge in [-0.1, -0.05) is 167 Å². The number of aliphatic hydroxyl groups excluding tert-OH is 20. The highest BCUT2D eigenvalue weighted by Crippen LogP contribution is 2.40. The molecule has 37 atom stereocenters. The van der Waals surface area contributed by atoms with Crippen molar-refractivity contribution in [2.45, 2.75) is 429 Å². The number of unbranched alkanes of at least 4 members (excludes halogenated alkanes) is 23. The molecule has 7 saturated heterocycles. The molecule has 7 aliphatic heterocycles. The van der Waals surface area contributed by atoms with Gasteiger partial charge in [-0.05, 0) is 26.2 Å². The standard InChI is InChI=1S/C80H143N3O37/c1-6-8-10-12-14-16-18-20-22-24-26-28-30-32-45(92)44(83-52(93)33-31-29-27-25-23-21-19-17-15-13-11-9-7-2)40-107-76-65(104)62(101)69(50(38-88)114-76)116-80-66(105)72(57(96)47(35-85)111-80)119-74-53(81-42(4)90)59(98)68(49(37-87)112-74)115-79-67(106)73(58(97)48(36-86)110-79)120-75-54(82-43(5)91)71(118-78-64(103)61(100)56(95)46(34-84)109-78)70(51(39-89)113-75)117-77-63(102)60(99)55(94)41(3)108-77/h30,32,41,44-51,53-80,84-89,92,94-106H,6-29,31,33-40H2,1-5H3,(H,81,90)(H,82,91)(H,83,93)/b32-30+/t41?,44-,45+,46?,47?,48?,49?,50?,51?,53?,54?,55+,56-,57-,58-,59+,60?,61-,62+,63-,64?,65?,66?,67?,68+,69+,70+,71+,72-,73-,74-,75-,76+,77+,78-,79-,80-/m0/s1. The lowest BCUT2D eigenvalue weighted by molar-refractivity contribution is -0.393. The Morgan fingerprint density at radius 3 is 1.14 bits per heavy atom. The first-order valence-electron chi connectivity index (χ1n) is 43.3. The van der Waals surface area contributed by atoms with Crippen LogP contribution >= 0.6 is 0 Å². The van der Waals surface area contributed by atoms with E-state index in [9.17, 15) is 117 Å². The Morgan fingerprint density at radius 2 is 0.683 bits per heavy atom. The second-order valence-corrected chi connectivity index (χ2v) is 32.7. The molecule has 700 valence electrons. The topological polar surface area (TPSA) is 621 Å². The van der Waals surface area contributed by atoms with Crippen LogP contribution in [0.4, 0.5) is 0 Å². The van der Waals surface area contributed by atoms with Crippen LogP contribution in [0.2, 0.25) is 0 Å². The predicted octanol–water partition coefficient (Wildman–Crippen LogP) is -4.35. The van der Waals surface area contributed by atoms with Crippen LogP contribution in [0.25, 0.3) is 0 Å². The number of ether oxygens (including phenoxy) is 14. The average molecular weight is 1740 g/mol. The Labute approximate surface area is 700 Å². The van der Waals surface area contributed by atoms with Crippen molar-refractivity contribution in [1.29, 1.82) is 0 Å². The summed E-state index contributed by atoms with van der Waals surface area (Å²) in [5.41, 5.74) is 0. The fourth-order valence-corrected chi connectivity index (χ4v) is 16.2. The lowest BCUT2D eigenvalue weighted by Gasteiger charge is -2.52. The van der Waals surface area contributed by atoms with Crippen LogP contribution in [0.5, 0.6) is 0 Å². The second-order valence-electron chi connectivity index (χ2n) is 32.7. The SMILES string of the molecule is CCCCCCCCCCCCC/C=C/[C@@H](O)[C@H](CO[C@@H]1OC(CO)[C@@H](O[C@@H]2OC(CO)[C@H](O)[C@H](O[C@@H]3OC(CO)[C@@H](O[C@@H]4OC(CO)[C@H](O)[C@H](O[C@@H]5OC(CO)[C@@H](O[C@H]6OC(C)[C@@H](O)C(O)[C@@H]6O)[C@H](O[C@@H]6OC(CO)[C@H](O)[C@H](O)C6O)C5NC(C)=O)C4O)[C@H](O)C3NC(C)=O)C2O)[C@H](O)C1O)NC(=O)CCCCCCCCCCCCCCC. The highest BCUT2D eigenvalue weighted by Gasteiger charge is 2.60. The third kappa shape index (κ3) is 29.7. The molecule has 0 bridgehead atoms. The monoisotopic (exact) mass is 1740 g/mol. The minimum Gasteiger partial charge on any atom is -0.394 e. The minimum atomic E-state index is -2.34. The van der Waals surface area contributed by atoms with E-state index in [0.29, 0.717) is 12.8 Å². The molecule has 0 aromatic heterocycles. The van der Waals surface area contributed by atoms with Crippen LogP contribution in [-0.4, -0.2) is 393 Å². The Morgan fingerprint density at radius 1 is 0.342 bits per heavy atom. The number of hydrogen-bond acceptors (Lipinski definition) is 37. The van der Waals surface area contributed by atoms with E-state index in [1.807, 2.05) is 6.08 Å². The highest BCUT2D eigenvalue weighted by atomic mass is 16.8. The number of carbonyl (C=O) groups is 3. The number of rotatable bonds is 52. The largest absolute Gasteiger partial charge is 0.394 e. The Kier molecular flexibility index (Phi) is 46.3. The number of nitrogens with one attached hydrogen (secondary N) is 3. The van der Waals surface area contributed by atoms with Crippen molar-refractivity contribution in [2.24, 2.45) is 0 Å². The van der Waals surface area contributed by atoms with Gasteiger partial charge in [-0.3, -0.25) is 14.4 Å². The summed E-state index contributed by atoms with van der Waals surface area (Å²) in [4.78, 5) is 39.9. The number of amides is 3. The van der Waals surface area contributed by atoms with E-state index in [0.717, 1.165) is 65.2 Å². The first-order chi connectivity index (χ1) is 57.5. The maximum absolute atomic E-state index is 13.5. The lowest BCUT2D eigenvalue weighted by Crippen LogP contribution is -2.71. The van der Waals surface area contributed by atoms with E-state index < -0.39 is 285 Å². The molecule has 0 aromatic carbocycles. The summed E-state index contributed by atoms with van der Waals surface area (Å²) in [6, 6.07) is -4.86. The van der Waals surface area contributed by atoms with E-state index in [2.05, 4.69) is 29.8 Å². The molecule has 0 aliphatic carbocycles. The van der Waals surface area contributed by atoms with Crippen LogP contribution in [0.1, 0.15) is 202 Å². The molecule has 3 amide bonds. The average Bonchev–Trinajstić information content (AvgIpc) is 0.762. The van der Waals surface area contributed by atoms with Crippen molar-refractivity contribution < 1.29 is 183 Å². The molecule has 0 radical (unpaired) electrons. The van der Waals surface area contributed by atoms with Crippen molar-refractivity contribution in [1.82, 2.24) is 16.0 Å². The van der Waals surface area contributed by atoms with E-state index in [1.165, 1.54) is 103 Å². The molecule has 14 unspecified atom stereocenters. The van der Waals surface area contributed by atoms with Crippen LogP contribution in [0.15, 0.2) is 12.2 Å². The van der Waals surface area contributed by atoms with Crippen LogP contribution in [0, 0.1) is 0 Å². The summed E-state index contributed by atoms with van der Waals surface area (Å²) in [5.74, 6) is -2.17. The predicted molar refractivity (Wildman–Crippen MR) is 416 cm³/mol. The zero-order chi connectivity index (χ0) is 87.9. The molecule has 40 nitrogen and oxygen atoms in total. The summed E-state index contributed by atoms with van der Waals surface area (Å²) in [6.07, 6.45) is -34.3. The first kappa shape index (κ1) is 104. The summed E-state index contributed by atoms with van der Waals surface area (Å²) in [6.45, 7) is 0.946. The summed E-state index contributed by atoms with van der Waals surface area (Å²) in [5, 5.41) is 232. The fraction of sp³-hybridized carbons (Fsp3) is 0.938. The van der Waals surface area contributed by atoms with Gasteiger partial charge in [0.2, 0.25) is 17.7 Å². The maximum Gasteiger partial charge on any atom is 0.220 e. The molecule has 7 rings (SSSR count). The fourth-order valence-electron chi connectivity index (χ4n) is 16.2. The van der Waals surface area contributed by atoms with E-state index >= 15 is 0 Å². The third-order valence-electron chi connectivity index (χ3n) is 23.3. The molecule has 0 saturated carbocycles. The number of carbonyl (C=O) groups excluding carboxylic acids is 3. The summed E-state index contributed by atoms with van der Waals surface area (Å²) >= 11 is 0. The Bertz CT molecular complexity index is 2870. The smallest absolute Gasteiger partial charge is 0.220 e. The molecular formula is C80H143N3O37. The molecular weight excluding hydrogens is 1590 g/mol. The number of hydrogen-bond donors (Lipinski definition) is 23. The van der Waals surface area contributed by atoms with Crippen molar-refractivity contribution in [3.05, 3.63) is 12.2 Å². The van der Waals surface area contributed by atoms with Gasteiger partial charge in [0, 0.05) is 20.3 Å². The molecule has 0 aromatic rings. The van der Waals surface area contributed by atoms with Gasteiger partial charge in [0.15, 0.2) is 44.0 Å². The zero-order valence-corrected chi connectivity index (χ0v) is 69.7. The normalized spacial score (nSPS) is 39.4. The van der Waals surface area contributed by atoms with Crippen LogP contribution < -0.4 is 16.0 Å². The number of aliphatic hydroxyl groups is 20. The molecule has 23 N–H and O–H groups in total. The molecule has 0 spiro atoms. The summed E-state index contributed by atoms with van der Waals surface area (Å²) in [7, 11) is 0. The van der Waals surface area contributed by atoms with Crippen LogP contribution in [-0.2, 0) is 80.7 Å². The number of allylic oxidation sites excluding steroid dienone is 1. The van der Waals surface area contributed by atoms with E-state index in [1.54, 1.807) is 6.08 Å². The Balaban J connectivity index is 1.03. The van der Waals surface area contributed by atoms with Gasteiger partial charge in [0.25, 0.3) is 0 Å². The van der Waals surface area contributed by atoms with Gasteiger partial charge in [-0.2, -0.15) is 0 Å². The second kappa shape index (κ2) is 53.6. The molecule has 7 fully saturated rings. The van der Waals surface area contributed by atoms with Gasteiger partial charge in [0.1, 0.15) is 165 Å². The van der Waals surface area contributed by atoms with Crippen LogP contribution in [0.3, 0.4) is 0 Å². The quantitative estimate of drug-likeness (QED) is 0.0202. The van der Waals surface area contributed by atoms with Gasteiger partial charge < -0.3 is 184 Å². The maximum atomic E-state index is 13.5. The van der Waals surface area contributed by atoms with Crippen molar-refractivity contribution in [2.75, 3.05) is 46.2 Å². The van der Waals surface area contributed by atoms with Gasteiger partial charge in [0.05, 0.1) is 64.5 Å². The van der Waals surface area contributed by atoms with E-state index in [4.69, 9.17) is 66.3 Å². The first-order valence-corrected chi connectivity index (χ1v) is 43.3. The Hall–Kier alpha value is -3.21. The van der Waals surface area contributed by atoms with Gasteiger partial charge in [-0.15, -0.1) is 0 Å². The van der Waals surface area contributed by atoms with Crippen molar-refractivity contribution >= 4 is 17.7 Å². The third-order valence-corrected chi connectivity index (χ3v) is 23.3. The summed E-state index contributed by atoms with van der Waals surface area (Å²) < 4.78 is 83.9. The van der Waals surface area contributed by atoms with Gasteiger partial charge >= 0.3 is 0 Å². The van der Waals surface area contributed by atoms with Crippen molar-refractivity contribution in [3.8, 4) is 0 Å². The minimum absolute atomic E-state index is 0.163. The molecule has 40 heteroatoms. The lowest BCUT2D eigenvalue weighted by atomic mass is 9.93. The van der Waals surface area contributed by atoms with Gasteiger partial charge in [-0.25, -0.2) is 0 Å². The molecule has 7 heterocycles.